The van der Waals surface area contributed by atoms with Gasteiger partial charge in [-0.3, -0.25) is 9.59 Å². The summed E-state index contributed by atoms with van der Waals surface area (Å²) >= 11 is 0. The highest BCUT2D eigenvalue weighted by atomic mass is 16.2. The van der Waals surface area contributed by atoms with Gasteiger partial charge < -0.3 is 10.2 Å². The molecule has 0 unspecified atom stereocenters. The monoisotopic (exact) mass is 272 g/mol. The summed E-state index contributed by atoms with van der Waals surface area (Å²) in [5.74, 6) is 0.164. The maximum Gasteiger partial charge on any atom is 0.227 e. The van der Waals surface area contributed by atoms with E-state index in [2.05, 4.69) is 23.5 Å². The fraction of sp³-hybridized carbons (Fsp3) is 0.500. The molecular formula is C16H20N2O2. The molecule has 1 saturated heterocycles. The molecule has 1 aliphatic carbocycles. The first-order valence-corrected chi connectivity index (χ1v) is 7.37. The molecule has 0 radical (unpaired) electrons. The van der Waals surface area contributed by atoms with Gasteiger partial charge in [-0.1, -0.05) is 18.2 Å². The van der Waals surface area contributed by atoms with Crippen molar-refractivity contribution in [1.29, 1.82) is 0 Å². The minimum absolute atomic E-state index is 0.0397. The Labute approximate surface area is 119 Å². The highest BCUT2D eigenvalue weighted by Gasteiger charge is 2.19. The summed E-state index contributed by atoms with van der Waals surface area (Å²) in [7, 11) is 0. The van der Waals surface area contributed by atoms with Crippen LogP contribution in [0.4, 0.5) is 0 Å². The van der Waals surface area contributed by atoms with E-state index >= 15 is 0 Å². The minimum atomic E-state index is 0.0397. The van der Waals surface area contributed by atoms with Crippen LogP contribution in [0, 0.1) is 0 Å². The average molecular weight is 272 g/mol. The third-order valence-electron chi connectivity index (χ3n) is 4.18. The Morgan fingerprint density at radius 3 is 2.90 bits per heavy atom. The zero-order chi connectivity index (χ0) is 13.9. The number of hydrogen-bond acceptors (Lipinski definition) is 2. The topological polar surface area (TPSA) is 49.4 Å². The van der Waals surface area contributed by atoms with E-state index in [-0.39, 0.29) is 11.8 Å². The van der Waals surface area contributed by atoms with Crippen LogP contribution in [0.2, 0.25) is 0 Å². The van der Waals surface area contributed by atoms with Crippen LogP contribution in [-0.4, -0.2) is 36.3 Å². The van der Waals surface area contributed by atoms with Gasteiger partial charge in [0.2, 0.25) is 11.8 Å². The molecule has 0 saturated carbocycles. The average Bonchev–Trinajstić information content (AvgIpc) is 2.79. The van der Waals surface area contributed by atoms with Crippen molar-refractivity contribution in [3.05, 3.63) is 34.9 Å². The van der Waals surface area contributed by atoms with E-state index in [0.29, 0.717) is 32.5 Å². The van der Waals surface area contributed by atoms with Crippen LogP contribution in [-0.2, 0) is 28.9 Å². The van der Waals surface area contributed by atoms with Crippen LogP contribution in [0.15, 0.2) is 18.2 Å². The maximum atomic E-state index is 12.3. The van der Waals surface area contributed by atoms with Crippen LogP contribution in [0.5, 0.6) is 0 Å². The minimum Gasteiger partial charge on any atom is -0.354 e. The number of benzene rings is 1. The van der Waals surface area contributed by atoms with E-state index < -0.39 is 0 Å². The molecular weight excluding hydrogens is 252 g/mol. The van der Waals surface area contributed by atoms with E-state index in [1.807, 2.05) is 0 Å². The molecule has 1 N–H and O–H groups in total. The highest BCUT2D eigenvalue weighted by Crippen LogP contribution is 2.23. The van der Waals surface area contributed by atoms with Crippen LogP contribution in [0.1, 0.15) is 29.5 Å². The van der Waals surface area contributed by atoms with Crippen molar-refractivity contribution < 1.29 is 9.59 Å². The molecule has 1 aromatic carbocycles. The van der Waals surface area contributed by atoms with Gasteiger partial charge in [-0.2, -0.15) is 0 Å². The first kappa shape index (κ1) is 13.2. The van der Waals surface area contributed by atoms with Crippen molar-refractivity contribution in [3.63, 3.8) is 0 Å². The SMILES string of the molecule is O=C1CCN(C(=O)Cc2ccc3c(c2)CCC3)CCN1. The Hall–Kier alpha value is -1.84. The van der Waals surface area contributed by atoms with E-state index in [4.69, 9.17) is 0 Å². The number of nitrogens with one attached hydrogen (secondary N) is 1. The maximum absolute atomic E-state index is 12.3. The van der Waals surface area contributed by atoms with Crippen molar-refractivity contribution >= 4 is 11.8 Å². The lowest BCUT2D eigenvalue weighted by atomic mass is 10.0. The Balaban J connectivity index is 1.65. The van der Waals surface area contributed by atoms with Gasteiger partial charge in [0.15, 0.2) is 0 Å². The molecule has 20 heavy (non-hydrogen) atoms. The quantitative estimate of drug-likeness (QED) is 0.875. The molecule has 0 bridgehead atoms. The third kappa shape index (κ3) is 2.84. The molecule has 2 aliphatic rings. The summed E-state index contributed by atoms with van der Waals surface area (Å²) in [6.45, 7) is 1.72. The van der Waals surface area contributed by atoms with Crippen LogP contribution in [0.3, 0.4) is 0 Å². The van der Waals surface area contributed by atoms with Crippen molar-refractivity contribution in [2.75, 3.05) is 19.6 Å². The van der Waals surface area contributed by atoms with E-state index in [9.17, 15) is 9.59 Å². The fourth-order valence-electron chi connectivity index (χ4n) is 3.04. The first-order valence-electron chi connectivity index (χ1n) is 7.37. The van der Waals surface area contributed by atoms with Crippen molar-refractivity contribution in [2.24, 2.45) is 0 Å². The smallest absolute Gasteiger partial charge is 0.227 e. The summed E-state index contributed by atoms with van der Waals surface area (Å²) < 4.78 is 0. The molecule has 0 spiro atoms. The Bertz CT molecular complexity index is 539. The predicted molar refractivity (Wildman–Crippen MR) is 76.4 cm³/mol. The molecule has 1 fully saturated rings. The summed E-state index contributed by atoms with van der Waals surface area (Å²) in [5.41, 5.74) is 3.94. The molecule has 106 valence electrons. The second kappa shape index (κ2) is 5.65. The summed E-state index contributed by atoms with van der Waals surface area (Å²) in [4.78, 5) is 25.4. The number of nitrogens with zero attached hydrogens (tertiary/aromatic N) is 1. The van der Waals surface area contributed by atoms with Crippen molar-refractivity contribution in [2.45, 2.75) is 32.1 Å². The van der Waals surface area contributed by atoms with Crippen LogP contribution in [0.25, 0.3) is 0 Å². The highest BCUT2D eigenvalue weighted by molar-refractivity contribution is 5.81. The van der Waals surface area contributed by atoms with E-state index in [0.717, 1.165) is 12.0 Å². The van der Waals surface area contributed by atoms with Crippen LogP contribution < -0.4 is 5.32 Å². The molecule has 1 heterocycles. The number of carbonyl (C=O) groups is 2. The Morgan fingerprint density at radius 1 is 1.15 bits per heavy atom. The molecule has 4 nitrogen and oxygen atoms in total. The van der Waals surface area contributed by atoms with Gasteiger partial charge in [0.25, 0.3) is 0 Å². The summed E-state index contributed by atoms with van der Waals surface area (Å²) in [6.07, 6.45) is 4.40. The molecule has 2 amide bonds. The number of rotatable bonds is 2. The van der Waals surface area contributed by atoms with Gasteiger partial charge in [-0.05, 0) is 36.0 Å². The van der Waals surface area contributed by atoms with Gasteiger partial charge in [0, 0.05) is 26.1 Å². The van der Waals surface area contributed by atoms with Gasteiger partial charge in [0.1, 0.15) is 0 Å². The lowest BCUT2D eigenvalue weighted by Crippen LogP contribution is -2.35. The fourth-order valence-corrected chi connectivity index (χ4v) is 3.04. The molecule has 1 aliphatic heterocycles. The largest absolute Gasteiger partial charge is 0.354 e. The zero-order valence-electron chi connectivity index (χ0n) is 11.7. The number of fused-ring (bicyclic) bond motifs is 1. The molecule has 4 heteroatoms. The number of carbonyl (C=O) groups excluding carboxylic acids is 2. The summed E-state index contributed by atoms with van der Waals surface area (Å²) in [5, 5.41) is 2.79. The Kier molecular flexibility index (Phi) is 3.72. The molecule has 0 atom stereocenters. The van der Waals surface area contributed by atoms with E-state index in [1.54, 1.807) is 4.90 Å². The third-order valence-corrected chi connectivity index (χ3v) is 4.18. The van der Waals surface area contributed by atoms with Gasteiger partial charge in [0.05, 0.1) is 6.42 Å². The zero-order valence-corrected chi connectivity index (χ0v) is 11.7. The number of amides is 2. The second-order valence-electron chi connectivity index (χ2n) is 5.61. The van der Waals surface area contributed by atoms with Gasteiger partial charge >= 0.3 is 0 Å². The van der Waals surface area contributed by atoms with Gasteiger partial charge in [-0.25, -0.2) is 0 Å². The van der Waals surface area contributed by atoms with Gasteiger partial charge in [-0.15, -0.1) is 0 Å². The first-order chi connectivity index (χ1) is 9.72. The molecule has 1 aromatic rings. The lowest BCUT2D eigenvalue weighted by molar-refractivity contribution is -0.130. The Morgan fingerprint density at radius 2 is 2.00 bits per heavy atom. The van der Waals surface area contributed by atoms with Crippen LogP contribution >= 0.6 is 0 Å². The standard InChI is InChI=1S/C16H20N2O2/c19-15-6-8-18(9-7-17-15)16(20)11-12-4-5-13-2-1-3-14(13)10-12/h4-5,10H,1-3,6-9,11H2,(H,17,19). The molecule has 3 rings (SSSR count). The van der Waals surface area contributed by atoms with Crippen molar-refractivity contribution in [1.82, 2.24) is 10.2 Å². The predicted octanol–water partition coefficient (Wildman–Crippen LogP) is 1.07. The number of aryl methyl sites for hydroxylation is 2. The number of hydrogen-bond donors (Lipinski definition) is 1. The van der Waals surface area contributed by atoms with E-state index in [1.165, 1.54) is 24.0 Å². The van der Waals surface area contributed by atoms with Crippen molar-refractivity contribution in [3.8, 4) is 0 Å². The molecule has 0 aromatic heterocycles. The second-order valence-corrected chi connectivity index (χ2v) is 5.61. The lowest BCUT2D eigenvalue weighted by Gasteiger charge is -2.19. The summed E-state index contributed by atoms with van der Waals surface area (Å²) in [6, 6.07) is 6.42. The normalized spacial score (nSPS) is 18.4.